The van der Waals surface area contributed by atoms with E-state index in [-0.39, 0.29) is 11.6 Å². The first kappa shape index (κ1) is 22.2. The standard InChI is InChI=1S/C25H26N6O2S/c1-3-23(24-27-28-29-31(24)15-20-6-4-10-33-20)30(16-21-7-5-11-34-21)14-19-13-18-12-17(2)8-9-22(18)26-25(19)32/h4-13,23H,3,14-16H2,1-2H3,(H,26,32)/t23-/m1/s1. The maximum Gasteiger partial charge on any atom is 0.252 e. The Labute approximate surface area is 200 Å². The average molecular weight is 475 g/mol. The Balaban J connectivity index is 1.51. The first-order chi connectivity index (χ1) is 16.6. The van der Waals surface area contributed by atoms with Gasteiger partial charge in [-0.1, -0.05) is 24.6 Å². The van der Waals surface area contributed by atoms with Crippen LogP contribution in [0.2, 0.25) is 0 Å². The number of tetrazole rings is 1. The minimum atomic E-state index is -0.0836. The number of aromatic amines is 1. The number of thiophene rings is 1. The third-order valence-corrected chi connectivity index (χ3v) is 6.82. The van der Waals surface area contributed by atoms with Gasteiger partial charge in [0.05, 0.1) is 12.3 Å². The molecule has 1 aromatic carbocycles. The van der Waals surface area contributed by atoms with E-state index < -0.39 is 0 Å². The van der Waals surface area contributed by atoms with E-state index in [4.69, 9.17) is 4.42 Å². The Morgan fingerprint density at radius 1 is 1.18 bits per heavy atom. The van der Waals surface area contributed by atoms with E-state index in [9.17, 15) is 4.79 Å². The SMILES string of the molecule is CC[C@H](c1nnnn1Cc1ccco1)N(Cc1cccs1)Cc1cc2cc(C)ccc2[nH]c1=O. The van der Waals surface area contributed by atoms with Gasteiger partial charge in [0.15, 0.2) is 5.82 Å². The second-order valence-corrected chi connectivity index (χ2v) is 9.43. The van der Waals surface area contributed by atoms with Crippen LogP contribution in [0, 0.1) is 6.92 Å². The molecule has 174 valence electrons. The molecule has 4 heterocycles. The summed E-state index contributed by atoms with van der Waals surface area (Å²) in [7, 11) is 0. The number of nitrogens with one attached hydrogen (secondary N) is 1. The van der Waals surface area contributed by atoms with Crippen molar-refractivity contribution in [3.05, 3.63) is 98.1 Å². The summed E-state index contributed by atoms with van der Waals surface area (Å²) in [4.78, 5) is 19.5. The molecule has 0 spiro atoms. The fourth-order valence-electron chi connectivity index (χ4n) is 4.30. The monoisotopic (exact) mass is 474 g/mol. The lowest BCUT2D eigenvalue weighted by molar-refractivity contribution is 0.162. The molecule has 34 heavy (non-hydrogen) atoms. The quantitative estimate of drug-likeness (QED) is 0.333. The van der Waals surface area contributed by atoms with Crippen LogP contribution in [0.15, 0.2) is 69.4 Å². The van der Waals surface area contributed by atoms with Crippen molar-refractivity contribution < 1.29 is 4.42 Å². The zero-order chi connectivity index (χ0) is 23.5. The molecule has 5 aromatic rings. The van der Waals surface area contributed by atoms with Crippen LogP contribution >= 0.6 is 11.3 Å². The van der Waals surface area contributed by atoms with Crippen LogP contribution in [-0.4, -0.2) is 30.1 Å². The number of nitrogens with zero attached hydrogens (tertiary/aromatic N) is 5. The predicted molar refractivity (Wildman–Crippen MR) is 132 cm³/mol. The van der Waals surface area contributed by atoms with Crippen LogP contribution in [0.3, 0.4) is 0 Å². The number of benzene rings is 1. The summed E-state index contributed by atoms with van der Waals surface area (Å²) >= 11 is 1.70. The number of aryl methyl sites for hydroxylation is 1. The Bertz CT molecular complexity index is 1420. The lowest BCUT2D eigenvalue weighted by Crippen LogP contribution is -2.32. The highest BCUT2D eigenvalue weighted by molar-refractivity contribution is 7.09. The van der Waals surface area contributed by atoms with Gasteiger partial charge in [-0.05, 0) is 70.9 Å². The highest BCUT2D eigenvalue weighted by Crippen LogP contribution is 2.28. The van der Waals surface area contributed by atoms with E-state index >= 15 is 0 Å². The van der Waals surface area contributed by atoms with Crippen LogP contribution in [0.25, 0.3) is 10.9 Å². The van der Waals surface area contributed by atoms with E-state index in [2.05, 4.69) is 56.8 Å². The molecule has 0 saturated heterocycles. The van der Waals surface area contributed by atoms with E-state index in [0.717, 1.165) is 40.0 Å². The van der Waals surface area contributed by atoms with Crippen molar-refractivity contribution in [2.75, 3.05) is 0 Å². The van der Waals surface area contributed by atoms with E-state index in [1.165, 1.54) is 4.88 Å². The summed E-state index contributed by atoms with van der Waals surface area (Å²) in [5.74, 6) is 1.54. The summed E-state index contributed by atoms with van der Waals surface area (Å²) in [5.41, 5.74) is 2.65. The molecule has 0 bridgehead atoms. The summed E-state index contributed by atoms with van der Waals surface area (Å²) in [6.07, 6.45) is 2.43. The van der Waals surface area contributed by atoms with Crippen LogP contribution in [0.1, 0.15) is 47.0 Å². The van der Waals surface area contributed by atoms with Gasteiger partial charge in [0.1, 0.15) is 12.3 Å². The van der Waals surface area contributed by atoms with Gasteiger partial charge in [-0.25, -0.2) is 4.68 Å². The largest absolute Gasteiger partial charge is 0.467 e. The van der Waals surface area contributed by atoms with Gasteiger partial charge in [0, 0.05) is 29.0 Å². The topological polar surface area (TPSA) is 92.8 Å². The molecule has 0 aliphatic carbocycles. The van der Waals surface area contributed by atoms with Gasteiger partial charge in [0.25, 0.3) is 5.56 Å². The molecule has 0 radical (unpaired) electrons. The van der Waals surface area contributed by atoms with Gasteiger partial charge < -0.3 is 9.40 Å². The molecule has 0 fully saturated rings. The number of H-pyrrole nitrogens is 1. The second-order valence-electron chi connectivity index (χ2n) is 8.40. The van der Waals surface area contributed by atoms with Crippen LogP contribution in [0.5, 0.6) is 0 Å². The molecule has 0 unspecified atom stereocenters. The Morgan fingerprint density at radius 2 is 2.09 bits per heavy atom. The molecule has 0 amide bonds. The fraction of sp³-hybridized carbons (Fsp3) is 0.280. The molecule has 0 aliphatic heterocycles. The second kappa shape index (κ2) is 9.74. The molecule has 5 rings (SSSR count). The molecule has 8 nitrogen and oxygen atoms in total. The Hall–Kier alpha value is -3.56. The highest BCUT2D eigenvalue weighted by atomic mass is 32.1. The maximum atomic E-state index is 13.0. The molecule has 9 heteroatoms. The van der Waals surface area contributed by atoms with Crippen molar-refractivity contribution >= 4 is 22.2 Å². The summed E-state index contributed by atoms with van der Waals surface area (Å²) < 4.78 is 7.29. The lowest BCUT2D eigenvalue weighted by atomic mass is 10.1. The number of hydrogen-bond donors (Lipinski definition) is 1. The first-order valence-electron chi connectivity index (χ1n) is 11.3. The van der Waals surface area contributed by atoms with Crippen molar-refractivity contribution in [1.82, 2.24) is 30.1 Å². The minimum Gasteiger partial charge on any atom is -0.467 e. The van der Waals surface area contributed by atoms with Crippen molar-refractivity contribution in [3.63, 3.8) is 0 Å². The smallest absolute Gasteiger partial charge is 0.252 e. The van der Waals surface area contributed by atoms with Crippen molar-refractivity contribution in [1.29, 1.82) is 0 Å². The molecular weight excluding hydrogens is 448 g/mol. The summed E-state index contributed by atoms with van der Waals surface area (Å²) in [6, 6.07) is 15.9. The van der Waals surface area contributed by atoms with Crippen LogP contribution in [0.4, 0.5) is 0 Å². The molecule has 4 aromatic heterocycles. The molecule has 0 saturated carbocycles. The van der Waals surface area contributed by atoms with Gasteiger partial charge >= 0.3 is 0 Å². The third-order valence-electron chi connectivity index (χ3n) is 5.96. The highest BCUT2D eigenvalue weighted by Gasteiger charge is 2.26. The lowest BCUT2D eigenvalue weighted by Gasteiger charge is -2.29. The van der Waals surface area contributed by atoms with Crippen LogP contribution in [-0.2, 0) is 19.6 Å². The zero-order valence-electron chi connectivity index (χ0n) is 19.1. The predicted octanol–water partition coefficient (Wildman–Crippen LogP) is 4.68. The fourth-order valence-corrected chi connectivity index (χ4v) is 5.03. The maximum absolute atomic E-state index is 13.0. The number of furan rings is 1. The van der Waals surface area contributed by atoms with E-state index in [1.54, 1.807) is 22.3 Å². The van der Waals surface area contributed by atoms with E-state index in [1.807, 2.05) is 36.4 Å². The van der Waals surface area contributed by atoms with Crippen molar-refractivity contribution in [2.24, 2.45) is 0 Å². The average Bonchev–Trinajstić information content (AvgIpc) is 3.60. The Morgan fingerprint density at radius 3 is 2.85 bits per heavy atom. The molecular formula is C25H26N6O2S. The van der Waals surface area contributed by atoms with Gasteiger partial charge in [0.2, 0.25) is 0 Å². The number of pyridine rings is 1. The number of hydrogen-bond acceptors (Lipinski definition) is 7. The summed E-state index contributed by atoms with van der Waals surface area (Å²) in [6.45, 7) is 5.79. The number of fused-ring (bicyclic) bond motifs is 1. The Kier molecular flexibility index (Phi) is 6.37. The normalized spacial score (nSPS) is 12.6. The van der Waals surface area contributed by atoms with Crippen molar-refractivity contribution in [2.45, 2.75) is 45.9 Å². The zero-order valence-corrected chi connectivity index (χ0v) is 20.0. The third kappa shape index (κ3) is 4.71. The van der Waals surface area contributed by atoms with Gasteiger partial charge in [-0.2, -0.15) is 0 Å². The molecule has 0 aliphatic rings. The van der Waals surface area contributed by atoms with Gasteiger partial charge in [-0.3, -0.25) is 9.69 Å². The van der Waals surface area contributed by atoms with Crippen LogP contribution < -0.4 is 5.56 Å². The van der Waals surface area contributed by atoms with E-state index in [0.29, 0.717) is 19.6 Å². The van der Waals surface area contributed by atoms with Crippen molar-refractivity contribution in [3.8, 4) is 0 Å². The number of aromatic nitrogens is 5. The first-order valence-corrected chi connectivity index (χ1v) is 12.2. The molecule has 1 N–H and O–H groups in total. The number of rotatable bonds is 9. The summed E-state index contributed by atoms with van der Waals surface area (Å²) in [5, 5.41) is 15.7. The van der Waals surface area contributed by atoms with Gasteiger partial charge in [-0.15, -0.1) is 16.4 Å². The molecule has 1 atom stereocenters. The minimum absolute atomic E-state index is 0.0717.